The first kappa shape index (κ1) is 21.7. The Bertz CT molecular complexity index is 703. The molecule has 0 radical (unpaired) electrons. The predicted octanol–water partition coefficient (Wildman–Crippen LogP) is 5.74. The molecule has 0 saturated carbocycles. The first-order chi connectivity index (χ1) is 12.3. The monoisotopic (exact) mass is 360 g/mol. The minimum atomic E-state index is -0.924. The Morgan fingerprint density at radius 2 is 2.04 bits per heavy atom. The zero-order valence-electron chi connectivity index (χ0n) is 16.6. The maximum absolute atomic E-state index is 13.7. The Morgan fingerprint density at radius 1 is 1.35 bits per heavy atom. The van der Waals surface area contributed by atoms with E-state index in [0.29, 0.717) is 5.92 Å². The molecule has 0 spiro atoms. The second-order valence-electron chi connectivity index (χ2n) is 6.38. The van der Waals surface area contributed by atoms with Crippen molar-refractivity contribution >= 4 is 5.97 Å². The highest BCUT2D eigenvalue weighted by Gasteiger charge is 2.17. The Hall–Kier alpha value is -2.36. The zero-order valence-corrected chi connectivity index (χ0v) is 16.6. The van der Waals surface area contributed by atoms with Gasteiger partial charge in [-0.15, -0.1) is 0 Å². The molecular weight excluding hydrogens is 331 g/mol. The summed E-state index contributed by atoms with van der Waals surface area (Å²) in [4.78, 5) is 11.3. The normalized spacial score (nSPS) is 19.7. The number of carbonyl (C=O) groups excluding carboxylic acids is 1. The molecule has 4 heteroatoms. The van der Waals surface area contributed by atoms with Crippen molar-refractivity contribution in [1.82, 2.24) is 0 Å². The summed E-state index contributed by atoms with van der Waals surface area (Å²) in [6.07, 6.45) is 12.3. The first-order valence-corrected chi connectivity index (χ1v) is 8.82. The summed E-state index contributed by atoms with van der Waals surface area (Å²) in [7, 11) is 1.71. The largest absolute Gasteiger partial charge is 0.501 e. The number of methoxy groups -OCH3 is 1. The molecule has 3 nitrogen and oxygen atoms in total. The van der Waals surface area contributed by atoms with Crippen molar-refractivity contribution in [2.45, 2.75) is 41.0 Å². The molecule has 142 valence electrons. The fraction of sp³-hybridized carbons (Fsp3) is 0.409. The lowest BCUT2D eigenvalue weighted by molar-refractivity contribution is -0.140. The lowest BCUT2D eigenvalue weighted by atomic mass is 9.89. The minimum absolute atomic E-state index is 0.155. The third-order valence-corrected chi connectivity index (χ3v) is 4.17. The van der Waals surface area contributed by atoms with Gasteiger partial charge in [0.1, 0.15) is 0 Å². The maximum Gasteiger partial charge on any atom is 0.367 e. The Balaban J connectivity index is 2.80. The van der Waals surface area contributed by atoms with Crippen LogP contribution in [0.2, 0.25) is 0 Å². The van der Waals surface area contributed by atoms with Gasteiger partial charge < -0.3 is 9.47 Å². The number of esters is 1. The average Bonchev–Trinajstić information content (AvgIpc) is 2.61. The highest BCUT2D eigenvalue weighted by molar-refractivity contribution is 5.87. The summed E-state index contributed by atoms with van der Waals surface area (Å²) < 4.78 is 23.8. The van der Waals surface area contributed by atoms with Crippen LogP contribution in [0, 0.1) is 5.92 Å². The highest BCUT2D eigenvalue weighted by atomic mass is 19.1. The molecule has 0 aromatic heterocycles. The SMILES string of the molecule is CCOC(=O)\C(F)=C(C)/C=C/C=C(C)/C=C/C1=C(C)C=C(OC)C(C)C1. The van der Waals surface area contributed by atoms with Crippen LogP contribution < -0.4 is 0 Å². The molecule has 1 rings (SSSR count). The summed E-state index contributed by atoms with van der Waals surface area (Å²) in [5, 5.41) is 0. The Kier molecular flexibility index (Phi) is 8.83. The molecule has 1 atom stereocenters. The van der Waals surface area contributed by atoms with E-state index in [1.54, 1.807) is 33.1 Å². The van der Waals surface area contributed by atoms with Gasteiger partial charge in [0.15, 0.2) is 0 Å². The molecule has 1 aliphatic rings. The van der Waals surface area contributed by atoms with E-state index in [0.717, 1.165) is 17.8 Å². The lowest BCUT2D eigenvalue weighted by Crippen LogP contribution is -2.08. The molecule has 0 saturated heterocycles. The van der Waals surface area contributed by atoms with Crippen LogP contribution in [0.25, 0.3) is 0 Å². The summed E-state index contributed by atoms with van der Waals surface area (Å²) in [5.74, 6) is -0.401. The van der Waals surface area contributed by atoms with Crippen LogP contribution in [0.3, 0.4) is 0 Å². The van der Waals surface area contributed by atoms with Crippen LogP contribution in [-0.4, -0.2) is 19.7 Å². The molecule has 0 aliphatic heterocycles. The van der Waals surface area contributed by atoms with Crippen molar-refractivity contribution in [3.63, 3.8) is 0 Å². The average molecular weight is 360 g/mol. The van der Waals surface area contributed by atoms with E-state index < -0.39 is 11.8 Å². The molecule has 0 amide bonds. The number of halogens is 1. The lowest BCUT2D eigenvalue weighted by Gasteiger charge is -2.21. The van der Waals surface area contributed by atoms with Crippen LogP contribution in [-0.2, 0) is 14.3 Å². The molecule has 0 aromatic carbocycles. The molecule has 0 heterocycles. The number of hydrogen-bond donors (Lipinski definition) is 0. The summed E-state index contributed by atoms with van der Waals surface area (Å²) in [6.45, 7) is 9.54. The van der Waals surface area contributed by atoms with Gasteiger partial charge in [0.2, 0.25) is 5.83 Å². The van der Waals surface area contributed by atoms with Crippen LogP contribution in [0.1, 0.15) is 41.0 Å². The van der Waals surface area contributed by atoms with Crippen molar-refractivity contribution in [3.05, 3.63) is 70.3 Å². The third kappa shape index (κ3) is 6.51. The van der Waals surface area contributed by atoms with Crippen molar-refractivity contribution in [2.24, 2.45) is 5.92 Å². The second-order valence-corrected chi connectivity index (χ2v) is 6.38. The molecule has 0 fully saturated rings. The highest BCUT2D eigenvalue weighted by Crippen LogP contribution is 2.30. The minimum Gasteiger partial charge on any atom is -0.501 e. The quantitative estimate of drug-likeness (QED) is 0.330. The van der Waals surface area contributed by atoms with E-state index in [-0.39, 0.29) is 12.2 Å². The van der Waals surface area contributed by atoms with E-state index in [9.17, 15) is 9.18 Å². The molecule has 1 aliphatic carbocycles. The third-order valence-electron chi connectivity index (χ3n) is 4.17. The van der Waals surface area contributed by atoms with Gasteiger partial charge in [0.25, 0.3) is 0 Å². The van der Waals surface area contributed by atoms with E-state index in [2.05, 4.69) is 30.7 Å². The van der Waals surface area contributed by atoms with E-state index >= 15 is 0 Å². The van der Waals surface area contributed by atoms with E-state index in [1.165, 1.54) is 11.1 Å². The summed E-state index contributed by atoms with van der Waals surface area (Å²) in [6, 6.07) is 0. The molecule has 0 aromatic rings. The molecule has 26 heavy (non-hydrogen) atoms. The second kappa shape index (κ2) is 10.6. The molecule has 1 unspecified atom stereocenters. The van der Waals surface area contributed by atoms with Crippen molar-refractivity contribution < 1.29 is 18.7 Å². The van der Waals surface area contributed by atoms with Gasteiger partial charge in [0, 0.05) is 5.92 Å². The van der Waals surface area contributed by atoms with Gasteiger partial charge in [-0.05, 0) is 56.9 Å². The van der Waals surface area contributed by atoms with E-state index in [4.69, 9.17) is 4.74 Å². The van der Waals surface area contributed by atoms with Crippen molar-refractivity contribution in [2.75, 3.05) is 13.7 Å². The van der Waals surface area contributed by atoms with Crippen molar-refractivity contribution in [3.8, 4) is 0 Å². The summed E-state index contributed by atoms with van der Waals surface area (Å²) in [5.41, 5.74) is 3.75. The molecule has 0 bridgehead atoms. The number of allylic oxidation sites excluding steroid dienone is 11. The smallest absolute Gasteiger partial charge is 0.367 e. The predicted molar refractivity (Wildman–Crippen MR) is 104 cm³/mol. The number of hydrogen-bond acceptors (Lipinski definition) is 3. The van der Waals surface area contributed by atoms with Gasteiger partial charge in [-0.25, -0.2) is 4.79 Å². The number of rotatable bonds is 7. The number of ether oxygens (including phenoxy) is 2. The standard InChI is InChI=1S/C22H29FO3/c1-7-26-22(24)21(23)16(3)10-8-9-15(2)11-12-19-13-18(5)20(25-6)14-17(19)4/h8-12,14,18H,7,13H2,1-6H3/b10-8+,12-11+,15-9+,21-16+. The molecular formula is C22H29FO3. The maximum atomic E-state index is 13.7. The van der Waals surface area contributed by atoms with Crippen molar-refractivity contribution in [1.29, 1.82) is 0 Å². The van der Waals surface area contributed by atoms with Crippen LogP contribution in [0.5, 0.6) is 0 Å². The zero-order chi connectivity index (χ0) is 19.7. The Morgan fingerprint density at radius 3 is 2.65 bits per heavy atom. The van der Waals surface area contributed by atoms with Crippen LogP contribution >= 0.6 is 0 Å². The number of carbonyl (C=O) groups is 1. The van der Waals surface area contributed by atoms with Crippen LogP contribution in [0.15, 0.2) is 70.3 Å². The van der Waals surface area contributed by atoms with Gasteiger partial charge in [0.05, 0.1) is 19.5 Å². The molecule has 0 N–H and O–H groups in total. The van der Waals surface area contributed by atoms with Crippen LogP contribution in [0.4, 0.5) is 4.39 Å². The summed E-state index contributed by atoms with van der Waals surface area (Å²) >= 11 is 0. The fourth-order valence-electron chi connectivity index (χ4n) is 2.56. The van der Waals surface area contributed by atoms with Gasteiger partial charge in [-0.3, -0.25) is 0 Å². The van der Waals surface area contributed by atoms with Gasteiger partial charge >= 0.3 is 5.97 Å². The van der Waals surface area contributed by atoms with Gasteiger partial charge in [-0.1, -0.05) is 42.9 Å². The fourth-order valence-corrected chi connectivity index (χ4v) is 2.56. The van der Waals surface area contributed by atoms with E-state index in [1.807, 2.05) is 19.1 Å². The topological polar surface area (TPSA) is 35.5 Å². The van der Waals surface area contributed by atoms with Gasteiger partial charge in [-0.2, -0.15) is 4.39 Å². The Labute approximate surface area is 156 Å². The first-order valence-electron chi connectivity index (χ1n) is 8.82.